The molecule has 0 saturated heterocycles. The van der Waals surface area contributed by atoms with Crippen molar-refractivity contribution in [1.29, 1.82) is 0 Å². The molecule has 4 N–H and O–H groups in total. The SMILES string of the molecule is O=C(NCCc1ccc(N2C=C(O)NS2(=O)=O)c(O)c1)c1ccc(F)cc1. The zero-order valence-corrected chi connectivity index (χ0v) is 14.7. The molecule has 0 aliphatic carbocycles. The van der Waals surface area contributed by atoms with Crippen molar-refractivity contribution in [1.82, 2.24) is 10.0 Å². The highest BCUT2D eigenvalue weighted by Gasteiger charge is 2.30. The first-order valence-corrected chi connectivity index (χ1v) is 9.29. The summed E-state index contributed by atoms with van der Waals surface area (Å²) in [4.78, 5) is 12.0. The third-order valence-electron chi connectivity index (χ3n) is 3.81. The Morgan fingerprint density at radius 2 is 1.85 bits per heavy atom. The van der Waals surface area contributed by atoms with Crippen LogP contribution in [0.2, 0.25) is 0 Å². The van der Waals surface area contributed by atoms with Gasteiger partial charge in [0.15, 0.2) is 0 Å². The Balaban J connectivity index is 1.63. The topological polar surface area (TPSA) is 119 Å². The number of phenolic OH excluding ortho intramolecular Hbond substituents is 1. The largest absolute Gasteiger partial charge is 0.506 e. The first kappa shape index (κ1) is 18.5. The molecular formula is C17H16FN3O5S. The average molecular weight is 393 g/mol. The molecule has 1 heterocycles. The maximum atomic E-state index is 12.9. The molecule has 0 bridgehead atoms. The van der Waals surface area contributed by atoms with Crippen molar-refractivity contribution in [3.8, 4) is 5.75 Å². The van der Waals surface area contributed by atoms with E-state index >= 15 is 0 Å². The third kappa shape index (κ3) is 4.11. The van der Waals surface area contributed by atoms with Gasteiger partial charge >= 0.3 is 10.2 Å². The predicted octanol–water partition coefficient (Wildman–Crippen LogP) is 1.52. The number of hydrogen-bond acceptors (Lipinski definition) is 5. The summed E-state index contributed by atoms with van der Waals surface area (Å²) in [6.07, 6.45) is 1.32. The van der Waals surface area contributed by atoms with E-state index < -0.39 is 21.9 Å². The van der Waals surface area contributed by atoms with Gasteiger partial charge in [0, 0.05) is 12.1 Å². The maximum absolute atomic E-state index is 12.9. The van der Waals surface area contributed by atoms with Crippen molar-refractivity contribution in [3.63, 3.8) is 0 Å². The Morgan fingerprint density at radius 1 is 1.15 bits per heavy atom. The molecule has 0 unspecified atom stereocenters. The summed E-state index contributed by atoms with van der Waals surface area (Å²) in [6.45, 7) is 0.263. The van der Waals surface area contributed by atoms with Crippen molar-refractivity contribution in [2.45, 2.75) is 6.42 Å². The molecule has 1 aliphatic heterocycles. The Labute approximate surface area is 154 Å². The fourth-order valence-electron chi connectivity index (χ4n) is 2.52. The Kier molecular flexibility index (Phi) is 4.91. The van der Waals surface area contributed by atoms with E-state index in [0.717, 1.165) is 10.5 Å². The van der Waals surface area contributed by atoms with Crippen molar-refractivity contribution in [3.05, 3.63) is 71.5 Å². The number of rotatable bonds is 5. The van der Waals surface area contributed by atoms with E-state index in [1.54, 1.807) is 6.07 Å². The van der Waals surface area contributed by atoms with Crippen molar-refractivity contribution in [2.75, 3.05) is 10.8 Å². The Bertz CT molecular complexity index is 1010. The lowest BCUT2D eigenvalue weighted by atomic mass is 10.1. The Hall–Kier alpha value is -3.27. The number of aliphatic hydroxyl groups excluding tert-OH is 1. The van der Waals surface area contributed by atoms with Gasteiger partial charge < -0.3 is 15.5 Å². The number of carbonyl (C=O) groups is 1. The molecule has 27 heavy (non-hydrogen) atoms. The minimum absolute atomic E-state index is 0.0225. The van der Waals surface area contributed by atoms with Gasteiger partial charge in [-0.3, -0.25) is 4.79 Å². The zero-order chi connectivity index (χ0) is 19.6. The summed E-state index contributed by atoms with van der Waals surface area (Å²) in [5, 5.41) is 22.1. The molecule has 0 saturated carbocycles. The lowest BCUT2D eigenvalue weighted by molar-refractivity contribution is 0.0954. The molecule has 142 valence electrons. The van der Waals surface area contributed by atoms with Gasteiger partial charge in [0.1, 0.15) is 17.3 Å². The van der Waals surface area contributed by atoms with Crippen LogP contribution >= 0.6 is 0 Å². The molecule has 0 radical (unpaired) electrons. The second-order valence-corrected chi connectivity index (χ2v) is 7.30. The molecular weight excluding hydrogens is 377 g/mol. The molecule has 2 aromatic rings. The molecule has 3 rings (SSSR count). The highest BCUT2D eigenvalue weighted by molar-refractivity contribution is 7.91. The molecule has 8 nitrogen and oxygen atoms in total. The minimum atomic E-state index is -3.99. The van der Waals surface area contributed by atoms with E-state index in [2.05, 4.69) is 5.32 Å². The number of carbonyl (C=O) groups excluding carboxylic acids is 1. The molecule has 10 heteroatoms. The lowest BCUT2D eigenvalue weighted by Gasteiger charge is -2.16. The standard InChI is InChI=1S/C17H16FN3O5S/c18-13-4-2-12(3-5-13)17(24)19-8-7-11-1-6-14(15(22)9-11)21-10-16(23)20-27(21,25)26/h1-6,9-10,20,22-23H,7-8H2,(H,19,24). The third-order valence-corrected chi connectivity index (χ3v) is 5.10. The van der Waals surface area contributed by atoms with E-state index in [-0.39, 0.29) is 23.9 Å². The van der Waals surface area contributed by atoms with Crippen molar-refractivity contribution >= 4 is 21.8 Å². The van der Waals surface area contributed by atoms with E-state index in [0.29, 0.717) is 17.5 Å². The maximum Gasteiger partial charge on any atom is 0.330 e. The van der Waals surface area contributed by atoms with Crippen LogP contribution in [0.1, 0.15) is 15.9 Å². The van der Waals surface area contributed by atoms with Gasteiger partial charge in [-0.05, 0) is 48.4 Å². The van der Waals surface area contributed by atoms with E-state index in [1.807, 2.05) is 4.72 Å². The van der Waals surface area contributed by atoms with E-state index in [9.17, 15) is 27.8 Å². The number of anilines is 1. The number of aromatic hydroxyl groups is 1. The summed E-state index contributed by atoms with van der Waals surface area (Å²) >= 11 is 0. The van der Waals surface area contributed by atoms with Crippen molar-refractivity contribution in [2.24, 2.45) is 0 Å². The summed E-state index contributed by atoms with van der Waals surface area (Å²) < 4.78 is 39.1. The molecule has 0 spiro atoms. The normalized spacial score (nSPS) is 15.1. The van der Waals surface area contributed by atoms with Gasteiger partial charge in [-0.2, -0.15) is 8.42 Å². The van der Waals surface area contributed by atoms with Crippen LogP contribution in [0.4, 0.5) is 10.1 Å². The van der Waals surface area contributed by atoms with Gasteiger partial charge in [0.2, 0.25) is 5.88 Å². The minimum Gasteiger partial charge on any atom is -0.506 e. The van der Waals surface area contributed by atoms with Crippen LogP contribution in [-0.2, 0) is 16.6 Å². The number of benzene rings is 2. The van der Waals surface area contributed by atoms with Crippen LogP contribution in [-0.4, -0.2) is 31.1 Å². The van der Waals surface area contributed by atoms with Crippen LogP contribution in [0, 0.1) is 5.82 Å². The Morgan fingerprint density at radius 3 is 2.44 bits per heavy atom. The van der Waals surface area contributed by atoms with E-state index in [1.165, 1.54) is 36.4 Å². The number of amides is 1. The molecule has 0 aromatic heterocycles. The number of nitrogens with zero attached hydrogens (tertiary/aromatic N) is 1. The number of hydrogen-bond donors (Lipinski definition) is 4. The fourth-order valence-corrected chi connectivity index (χ4v) is 3.59. The first-order valence-electron chi connectivity index (χ1n) is 7.85. The number of phenols is 1. The highest BCUT2D eigenvalue weighted by atomic mass is 32.2. The number of aliphatic hydroxyl groups is 1. The molecule has 0 fully saturated rings. The lowest BCUT2D eigenvalue weighted by Crippen LogP contribution is -2.29. The highest BCUT2D eigenvalue weighted by Crippen LogP contribution is 2.32. The van der Waals surface area contributed by atoms with E-state index in [4.69, 9.17) is 0 Å². The summed E-state index contributed by atoms with van der Waals surface area (Å²) in [5.41, 5.74) is 0.965. The van der Waals surface area contributed by atoms with Crippen LogP contribution in [0.25, 0.3) is 0 Å². The quantitative estimate of drug-likeness (QED) is 0.614. The summed E-state index contributed by atoms with van der Waals surface area (Å²) in [5.74, 6) is -1.64. The van der Waals surface area contributed by atoms with Crippen LogP contribution in [0.3, 0.4) is 0 Å². The smallest absolute Gasteiger partial charge is 0.330 e. The van der Waals surface area contributed by atoms with Crippen molar-refractivity contribution < 1.29 is 27.8 Å². The molecule has 0 atom stereocenters. The predicted molar refractivity (Wildman–Crippen MR) is 95.8 cm³/mol. The second-order valence-electron chi connectivity index (χ2n) is 5.75. The van der Waals surface area contributed by atoms with Gasteiger partial charge in [0.05, 0.1) is 6.20 Å². The second kappa shape index (κ2) is 7.16. The van der Waals surface area contributed by atoms with Gasteiger partial charge in [-0.15, -0.1) is 0 Å². The molecule has 1 amide bonds. The fraction of sp³-hybridized carbons (Fsp3) is 0.118. The van der Waals surface area contributed by atoms with Crippen LogP contribution < -0.4 is 14.3 Å². The zero-order valence-electron chi connectivity index (χ0n) is 13.9. The van der Waals surface area contributed by atoms with Gasteiger partial charge in [0.25, 0.3) is 5.91 Å². The summed E-state index contributed by atoms with van der Waals surface area (Å²) in [6, 6.07) is 9.49. The molecule has 2 aromatic carbocycles. The van der Waals surface area contributed by atoms with Gasteiger partial charge in [-0.1, -0.05) is 6.07 Å². The monoisotopic (exact) mass is 393 g/mol. The van der Waals surface area contributed by atoms with Gasteiger partial charge in [-0.25, -0.2) is 13.4 Å². The average Bonchev–Trinajstić information content (AvgIpc) is 2.87. The van der Waals surface area contributed by atoms with Crippen LogP contribution in [0.5, 0.6) is 5.75 Å². The number of nitrogens with one attached hydrogen (secondary N) is 2. The summed E-state index contributed by atoms with van der Waals surface area (Å²) in [7, 11) is -3.99. The first-order chi connectivity index (χ1) is 12.8. The number of halogens is 1. The molecule has 1 aliphatic rings. The van der Waals surface area contributed by atoms with Crippen LogP contribution in [0.15, 0.2) is 54.5 Å².